The Hall–Kier alpha value is -2.90. The first kappa shape index (κ1) is 24.4. The summed E-state index contributed by atoms with van der Waals surface area (Å²) in [5.74, 6) is 0.115. The molecule has 4 heterocycles. The van der Waals surface area contributed by atoms with Crippen molar-refractivity contribution in [2.45, 2.75) is 65.2 Å². The van der Waals surface area contributed by atoms with E-state index in [1.54, 1.807) is 28.7 Å². The summed E-state index contributed by atoms with van der Waals surface area (Å²) in [5.41, 5.74) is 7.57. The van der Waals surface area contributed by atoms with Crippen molar-refractivity contribution in [1.29, 1.82) is 0 Å². The Morgan fingerprint density at radius 1 is 1.11 bits per heavy atom. The molecule has 7 heteroatoms. The van der Waals surface area contributed by atoms with E-state index < -0.39 is 0 Å². The first-order valence-electron chi connectivity index (χ1n) is 13.0. The van der Waals surface area contributed by atoms with E-state index in [0.29, 0.717) is 11.4 Å². The lowest BCUT2D eigenvalue weighted by atomic mass is 9.83. The normalized spacial score (nSPS) is 14.7. The Morgan fingerprint density at radius 3 is 2.57 bits per heavy atom. The molecule has 0 amide bonds. The fourth-order valence-electron chi connectivity index (χ4n) is 6.19. The second-order valence-electron chi connectivity index (χ2n) is 10.1. The number of aldehydes is 1. The number of pyridine rings is 1. The van der Waals surface area contributed by atoms with Gasteiger partial charge in [-0.05, 0) is 68.4 Å². The van der Waals surface area contributed by atoms with E-state index >= 15 is 4.39 Å². The number of nitrogens with zero attached hydrogens (tertiary/aromatic N) is 3. The predicted octanol–water partition coefficient (Wildman–Crippen LogP) is 8.76. The van der Waals surface area contributed by atoms with Gasteiger partial charge in [0.2, 0.25) is 0 Å². The number of fused-ring (bicyclic) bond motifs is 2. The third-order valence-electron chi connectivity index (χ3n) is 7.81. The third-order valence-corrected chi connectivity index (χ3v) is 10.1. The highest BCUT2D eigenvalue weighted by molar-refractivity contribution is 7.21. The molecule has 0 radical (unpaired) electrons. The average Bonchev–Trinajstić information content (AvgIpc) is 3.53. The fourth-order valence-corrected chi connectivity index (χ4v) is 8.44. The molecule has 0 aliphatic heterocycles. The molecule has 4 nitrogen and oxygen atoms in total. The number of aromatic nitrogens is 3. The van der Waals surface area contributed by atoms with Crippen LogP contribution >= 0.6 is 22.7 Å². The number of halogens is 1. The van der Waals surface area contributed by atoms with Gasteiger partial charge in [0.15, 0.2) is 6.29 Å². The summed E-state index contributed by atoms with van der Waals surface area (Å²) in [6.07, 6.45) is 7.75. The number of aryl methyl sites for hydroxylation is 4. The van der Waals surface area contributed by atoms with Crippen LogP contribution in [0.5, 0.6) is 0 Å². The zero-order chi connectivity index (χ0) is 25.8. The summed E-state index contributed by atoms with van der Waals surface area (Å²) in [4.78, 5) is 22.9. The van der Waals surface area contributed by atoms with E-state index in [4.69, 9.17) is 4.98 Å². The third kappa shape index (κ3) is 3.94. The van der Waals surface area contributed by atoms with Gasteiger partial charge >= 0.3 is 0 Å². The molecule has 0 bridgehead atoms. The van der Waals surface area contributed by atoms with Gasteiger partial charge in [-0.1, -0.05) is 32.3 Å². The van der Waals surface area contributed by atoms with Crippen LogP contribution in [0.15, 0.2) is 24.3 Å². The van der Waals surface area contributed by atoms with Crippen LogP contribution in [0, 0.1) is 19.7 Å². The molecule has 1 saturated carbocycles. The lowest BCUT2D eigenvalue weighted by molar-refractivity contribution is 0.112. The van der Waals surface area contributed by atoms with Gasteiger partial charge in [-0.15, -0.1) is 22.7 Å². The molecule has 6 rings (SSSR count). The van der Waals surface area contributed by atoms with Crippen LogP contribution in [0.25, 0.3) is 42.9 Å². The van der Waals surface area contributed by atoms with Gasteiger partial charge in [0, 0.05) is 18.0 Å². The number of hydrogen-bond donors (Lipinski definition) is 0. The molecule has 1 aromatic carbocycles. The number of rotatable bonds is 5. The lowest BCUT2D eigenvalue weighted by Crippen LogP contribution is -2.06. The number of hydrogen-bond acceptors (Lipinski definition) is 5. The highest BCUT2D eigenvalue weighted by Crippen LogP contribution is 2.48. The van der Waals surface area contributed by atoms with Gasteiger partial charge in [0.25, 0.3) is 0 Å². The van der Waals surface area contributed by atoms with Crippen LogP contribution < -0.4 is 0 Å². The van der Waals surface area contributed by atoms with Gasteiger partial charge in [-0.2, -0.15) is 0 Å². The minimum atomic E-state index is -0.309. The SMILES string of the molecule is CCc1c(C=O)sc2c(C3CCCCC3)c(-c3cc(F)c4nc(-c5sc(C)nc5C)ccc4c3)n(C)c12. The first-order valence-corrected chi connectivity index (χ1v) is 14.7. The van der Waals surface area contributed by atoms with Crippen LogP contribution in [-0.4, -0.2) is 20.8 Å². The quantitative estimate of drug-likeness (QED) is 0.213. The van der Waals surface area contributed by atoms with E-state index in [9.17, 15) is 4.79 Å². The first-order chi connectivity index (χ1) is 17.9. The Kier molecular flexibility index (Phi) is 6.24. The van der Waals surface area contributed by atoms with Crippen molar-refractivity contribution in [1.82, 2.24) is 14.5 Å². The Balaban J connectivity index is 1.57. The van der Waals surface area contributed by atoms with Crippen molar-refractivity contribution in [3.05, 3.63) is 56.8 Å². The molecule has 0 N–H and O–H groups in total. The standard InChI is InChI=1S/C30H30FN3OS2/c1-5-21-24(15-35)37-30-25(18-9-7-6-8-10-18)27(34(4)28(21)30)20-13-19-11-12-23(33-26(19)22(31)14-20)29-16(2)32-17(3)36-29/h11-15,18H,5-10H2,1-4H3. The molecule has 1 fully saturated rings. The fraction of sp³-hybridized carbons (Fsp3) is 0.367. The summed E-state index contributed by atoms with van der Waals surface area (Å²) in [6, 6.07) is 7.69. The lowest BCUT2D eigenvalue weighted by Gasteiger charge is -2.23. The maximum absolute atomic E-state index is 15.8. The van der Waals surface area contributed by atoms with Crippen molar-refractivity contribution in [3.8, 4) is 21.8 Å². The zero-order valence-corrected chi connectivity index (χ0v) is 23.3. The maximum Gasteiger partial charge on any atom is 0.160 e. The second kappa shape index (κ2) is 9.44. The largest absolute Gasteiger partial charge is 0.342 e. The molecule has 4 aromatic heterocycles. The maximum atomic E-state index is 15.8. The van der Waals surface area contributed by atoms with Crippen molar-refractivity contribution < 1.29 is 9.18 Å². The molecular formula is C30H30FN3OS2. The monoisotopic (exact) mass is 531 g/mol. The highest BCUT2D eigenvalue weighted by Gasteiger charge is 2.29. The van der Waals surface area contributed by atoms with E-state index in [2.05, 4.69) is 29.6 Å². The molecule has 0 saturated heterocycles. The topological polar surface area (TPSA) is 47.8 Å². The Labute approximate surface area is 224 Å². The van der Waals surface area contributed by atoms with E-state index in [1.165, 1.54) is 29.5 Å². The second-order valence-corrected chi connectivity index (χ2v) is 12.4. The molecule has 0 unspecified atom stereocenters. The molecule has 5 aromatic rings. The molecule has 0 atom stereocenters. The predicted molar refractivity (Wildman–Crippen MR) is 153 cm³/mol. The zero-order valence-electron chi connectivity index (χ0n) is 21.7. The van der Waals surface area contributed by atoms with Gasteiger partial charge in [0.05, 0.1) is 42.1 Å². The number of carbonyl (C=O) groups is 1. The minimum Gasteiger partial charge on any atom is -0.342 e. The number of benzene rings is 1. The van der Waals surface area contributed by atoms with Gasteiger partial charge in [-0.25, -0.2) is 14.4 Å². The molecule has 0 spiro atoms. The Bertz CT molecular complexity index is 1670. The summed E-state index contributed by atoms with van der Waals surface area (Å²) in [6.45, 7) is 6.05. The van der Waals surface area contributed by atoms with E-state index in [0.717, 1.165) is 79.4 Å². The van der Waals surface area contributed by atoms with Crippen molar-refractivity contribution >= 4 is 50.1 Å². The molecular weight excluding hydrogens is 501 g/mol. The summed E-state index contributed by atoms with van der Waals surface area (Å²) < 4.78 is 19.2. The highest BCUT2D eigenvalue weighted by atomic mass is 32.1. The summed E-state index contributed by atoms with van der Waals surface area (Å²) in [7, 11) is 2.07. The van der Waals surface area contributed by atoms with Crippen LogP contribution in [0.1, 0.15) is 76.4 Å². The van der Waals surface area contributed by atoms with Crippen molar-refractivity contribution in [3.63, 3.8) is 0 Å². The molecule has 190 valence electrons. The number of thiophene rings is 1. The van der Waals surface area contributed by atoms with Crippen LogP contribution in [0.2, 0.25) is 0 Å². The summed E-state index contributed by atoms with van der Waals surface area (Å²) in [5, 5.41) is 1.77. The van der Waals surface area contributed by atoms with Crippen LogP contribution in [0.3, 0.4) is 0 Å². The summed E-state index contributed by atoms with van der Waals surface area (Å²) >= 11 is 3.20. The number of thiazole rings is 1. The minimum absolute atomic E-state index is 0.309. The van der Waals surface area contributed by atoms with Gasteiger partial charge < -0.3 is 4.57 Å². The molecule has 1 aliphatic rings. The van der Waals surface area contributed by atoms with E-state index in [1.807, 2.05) is 26.0 Å². The molecule has 37 heavy (non-hydrogen) atoms. The van der Waals surface area contributed by atoms with Crippen molar-refractivity contribution in [2.24, 2.45) is 7.05 Å². The smallest absolute Gasteiger partial charge is 0.160 e. The average molecular weight is 532 g/mol. The molecule has 1 aliphatic carbocycles. The van der Waals surface area contributed by atoms with Crippen molar-refractivity contribution in [2.75, 3.05) is 0 Å². The Morgan fingerprint density at radius 2 is 1.89 bits per heavy atom. The number of carbonyl (C=O) groups excluding carboxylic acids is 1. The van der Waals surface area contributed by atoms with Gasteiger partial charge in [0.1, 0.15) is 11.3 Å². The van der Waals surface area contributed by atoms with E-state index in [-0.39, 0.29) is 5.82 Å². The van der Waals surface area contributed by atoms with Gasteiger partial charge in [-0.3, -0.25) is 4.79 Å². The van der Waals surface area contributed by atoms with Crippen LogP contribution in [-0.2, 0) is 13.5 Å². The van der Waals surface area contributed by atoms with Crippen LogP contribution in [0.4, 0.5) is 4.39 Å².